The summed E-state index contributed by atoms with van der Waals surface area (Å²) in [6, 6.07) is 15.0. The van der Waals surface area contributed by atoms with Gasteiger partial charge in [0.15, 0.2) is 0 Å². The van der Waals surface area contributed by atoms with Crippen LogP contribution < -0.4 is 10.5 Å². The van der Waals surface area contributed by atoms with Gasteiger partial charge in [-0.2, -0.15) is 0 Å². The van der Waals surface area contributed by atoms with E-state index in [1.807, 2.05) is 0 Å². The average Bonchev–Trinajstić information content (AvgIpc) is 2.94. The quantitative estimate of drug-likeness (QED) is 0.902. The van der Waals surface area contributed by atoms with Gasteiger partial charge in [-0.25, -0.2) is 0 Å². The van der Waals surface area contributed by atoms with Gasteiger partial charge in [0.1, 0.15) is 12.4 Å². The van der Waals surface area contributed by atoms with Crippen molar-refractivity contribution in [3.8, 4) is 5.75 Å². The maximum Gasteiger partial charge on any atom is 0.120 e. The molecule has 0 bridgehead atoms. The highest BCUT2D eigenvalue weighted by Gasteiger charge is 2.11. The van der Waals surface area contributed by atoms with Crippen LogP contribution >= 0.6 is 0 Å². The highest BCUT2D eigenvalue weighted by Crippen LogP contribution is 2.26. The van der Waals surface area contributed by atoms with Crippen molar-refractivity contribution >= 4 is 0 Å². The molecule has 2 aromatic carbocycles. The molecule has 1 aliphatic rings. The first-order valence-electron chi connectivity index (χ1n) is 7.37. The van der Waals surface area contributed by atoms with Crippen molar-refractivity contribution in [3.63, 3.8) is 0 Å². The van der Waals surface area contributed by atoms with Crippen LogP contribution in [0.15, 0.2) is 42.5 Å². The van der Waals surface area contributed by atoms with Gasteiger partial charge in [0, 0.05) is 0 Å². The van der Waals surface area contributed by atoms with Gasteiger partial charge in [-0.3, -0.25) is 0 Å². The lowest BCUT2D eigenvalue weighted by molar-refractivity contribution is 0.306. The first-order chi connectivity index (χ1) is 9.85. The Morgan fingerprint density at radius 2 is 1.65 bits per heavy atom. The summed E-state index contributed by atoms with van der Waals surface area (Å²) in [5, 5.41) is 0. The molecule has 0 radical (unpaired) electrons. The first kappa shape index (κ1) is 13.2. The fourth-order valence-electron chi connectivity index (χ4n) is 2.77. The maximum absolute atomic E-state index is 5.89. The molecule has 0 saturated heterocycles. The normalized spacial score (nSPS) is 13.2. The van der Waals surface area contributed by atoms with Gasteiger partial charge in [0.25, 0.3) is 0 Å². The smallest absolute Gasteiger partial charge is 0.120 e. The second kappa shape index (κ2) is 6.10. The van der Waals surface area contributed by atoms with E-state index in [-0.39, 0.29) is 0 Å². The lowest BCUT2D eigenvalue weighted by Crippen LogP contribution is -2.03. The van der Waals surface area contributed by atoms with Gasteiger partial charge >= 0.3 is 0 Å². The SMILES string of the molecule is NCCc1ccc(COc2ccc3c(c2)CCC3)cc1. The van der Waals surface area contributed by atoms with Crippen molar-refractivity contribution in [3.05, 3.63) is 64.7 Å². The van der Waals surface area contributed by atoms with Gasteiger partial charge in [-0.1, -0.05) is 30.3 Å². The van der Waals surface area contributed by atoms with Gasteiger partial charge in [-0.05, 0) is 66.6 Å². The molecule has 1 aliphatic carbocycles. The van der Waals surface area contributed by atoms with Crippen LogP contribution in [0.4, 0.5) is 0 Å². The van der Waals surface area contributed by atoms with E-state index in [0.717, 1.165) is 12.2 Å². The molecule has 0 saturated carbocycles. The summed E-state index contributed by atoms with van der Waals surface area (Å²) in [6.45, 7) is 1.33. The molecule has 2 aromatic rings. The number of aryl methyl sites for hydroxylation is 2. The fourth-order valence-corrected chi connectivity index (χ4v) is 2.77. The molecule has 0 spiro atoms. The molecule has 0 heterocycles. The molecule has 0 atom stereocenters. The van der Waals surface area contributed by atoms with Crippen LogP contribution in [0.2, 0.25) is 0 Å². The lowest BCUT2D eigenvalue weighted by Gasteiger charge is -2.09. The van der Waals surface area contributed by atoms with E-state index in [1.165, 1.54) is 41.5 Å². The largest absolute Gasteiger partial charge is 0.489 e. The summed E-state index contributed by atoms with van der Waals surface area (Å²) in [6.07, 6.45) is 4.63. The predicted molar refractivity (Wildman–Crippen MR) is 82.0 cm³/mol. The fraction of sp³-hybridized carbons (Fsp3) is 0.333. The molecule has 0 aromatic heterocycles. The molecule has 3 rings (SSSR count). The van der Waals surface area contributed by atoms with E-state index in [9.17, 15) is 0 Å². The van der Waals surface area contributed by atoms with Crippen LogP contribution in [0, 0.1) is 0 Å². The van der Waals surface area contributed by atoms with E-state index in [2.05, 4.69) is 42.5 Å². The molecule has 0 aliphatic heterocycles. The van der Waals surface area contributed by atoms with Gasteiger partial charge in [0.05, 0.1) is 0 Å². The van der Waals surface area contributed by atoms with Gasteiger partial charge in [-0.15, -0.1) is 0 Å². The number of benzene rings is 2. The Kier molecular flexibility index (Phi) is 4.03. The number of ether oxygens (including phenoxy) is 1. The Labute approximate surface area is 120 Å². The van der Waals surface area contributed by atoms with Gasteiger partial charge < -0.3 is 10.5 Å². The zero-order valence-electron chi connectivity index (χ0n) is 11.8. The second-order valence-corrected chi connectivity index (χ2v) is 5.43. The number of nitrogens with two attached hydrogens (primary N) is 1. The van der Waals surface area contributed by atoms with E-state index in [4.69, 9.17) is 10.5 Å². The van der Waals surface area contributed by atoms with E-state index < -0.39 is 0 Å². The molecule has 104 valence electrons. The number of fused-ring (bicyclic) bond motifs is 1. The topological polar surface area (TPSA) is 35.2 Å². The Hall–Kier alpha value is -1.80. The standard InChI is InChI=1S/C18H21NO/c19-11-10-14-4-6-15(7-5-14)13-20-18-9-8-16-2-1-3-17(16)12-18/h4-9,12H,1-3,10-11,13,19H2. The van der Waals surface area contributed by atoms with Crippen molar-refractivity contribution in [1.82, 2.24) is 0 Å². The Bertz CT molecular complexity index is 574. The third kappa shape index (κ3) is 3.02. The van der Waals surface area contributed by atoms with Gasteiger partial charge in [0.2, 0.25) is 0 Å². The van der Waals surface area contributed by atoms with E-state index in [0.29, 0.717) is 13.2 Å². The summed E-state index contributed by atoms with van der Waals surface area (Å²) >= 11 is 0. The lowest BCUT2D eigenvalue weighted by atomic mass is 10.1. The number of hydrogen-bond acceptors (Lipinski definition) is 2. The summed E-state index contributed by atoms with van der Waals surface area (Å²) in [4.78, 5) is 0. The van der Waals surface area contributed by atoms with Crippen LogP contribution in [-0.2, 0) is 25.9 Å². The van der Waals surface area contributed by atoms with Crippen LogP contribution in [0.3, 0.4) is 0 Å². The monoisotopic (exact) mass is 267 g/mol. The van der Waals surface area contributed by atoms with E-state index >= 15 is 0 Å². The summed E-state index contributed by atoms with van der Waals surface area (Å²) in [7, 11) is 0. The predicted octanol–water partition coefficient (Wildman–Crippen LogP) is 3.26. The summed E-state index contributed by atoms with van der Waals surface area (Å²) in [5.41, 5.74) is 11.0. The third-order valence-corrected chi connectivity index (χ3v) is 3.93. The van der Waals surface area contributed by atoms with Crippen LogP contribution in [0.1, 0.15) is 28.7 Å². The molecule has 0 amide bonds. The molecule has 0 unspecified atom stereocenters. The Morgan fingerprint density at radius 3 is 2.45 bits per heavy atom. The zero-order valence-corrected chi connectivity index (χ0v) is 11.8. The Morgan fingerprint density at radius 1 is 0.900 bits per heavy atom. The van der Waals surface area contributed by atoms with Crippen LogP contribution in [0.5, 0.6) is 5.75 Å². The zero-order chi connectivity index (χ0) is 13.8. The van der Waals surface area contributed by atoms with E-state index in [1.54, 1.807) is 0 Å². The van der Waals surface area contributed by atoms with Crippen LogP contribution in [0.25, 0.3) is 0 Å². The highest BCUT2D eigenvalue weighted by molar-refractivity contribution is 5.38. The molecule has 2 heteroatoms. The third-order valence-electron chi connectivity index (χ3n) is 3.93. The average molecular weight is 267 g/mol. The second-order valence-electron chi connectivity index (χ2n) is 5.43. The Balaban J connectivity index is 1.61. The minimum absolute atomic E-state index is 0.627. The van der Waals surface area contributed by atoms with Crippen molar-refractivity contribution in [2.24, 2.45) is 5.73 Å². The van der Waals surface area contributed by atoms with Crippen molar-refractivity contribution < 1.29 is 4.74 Å². The minimum Gasteiger partial charge on any atom is -0.489 e. The van der Waals surface area contributed by atoms with Crippen molar-refractivity contribution in [2.75, 3.05) is 6.54 Å². The molecule has 0 fully saturated rings. The molecule has 20 heavy (non-hydrogen) atoms. The number of rotatable bonds is 5. The van der Waals surface area contributed by atoms with Crippen molar-refractivity contribution in [2.45, 2.75) is 32.3 Å². The maximum atomic E-state index is 5.89. The summed E-state index contributed by atoms with van der Waals surface area (Å²) < 4.78 is 5.89. The number of hydrogen-bond donors (Lipinski definition) is 1. The molecular weight excluding hydrogens is 246 g/mol. The molecule has 2 nitrogen and oxygen atoms in total. The summed E-state index contributed by atoms with van der Waals surface area (Å²) in [5.74, 6) is 0.983. The molecule has 2 N–H and O–H groups in total. The van der Waals surface area contributed by atoms with Crippen molar-refractivity contribution in [1.29, 1.82) is 0 Å². The first-order valence-corrected chi connectivity index (χ1v) is 7.37. The molecular formula is C18H21NO. The highest BCUT2D eigenvalue weighted by atomic mass is 16.5. The van der Waals surface area contributed by atoms with Crippen LogP contribution in [-0.4, -0.2) is 6.54 Å². The minimum atomic E-state index is 0.627.